The van der Waals surface area contributed by atoms with Crippen LogP contribution in [0.4, 0.5) is 0 Å². The van der Waals surface area contributed by atoms with E-state index >= 15 is 0 Å². The van der Waals surface area contributed by atoms with Crippen LogP contribution < -0.4 is 0 Å². The first kappa shape index (κ1) is 21.7. The molecule has 0 bridgehead atoms. The molecule has 3 heterocycles. The third kappa shape index (κ3) is 3.65. The van der Waals surface area contributed by atoms with Gasteiger partial charge in [0, 0.05) is 34.3 Å². The Bertz CT molecular complexity index is 2160. The maximum atomic E-state index is 6.17. The Morgan fingerprint density at radius 2 is 1.18 bits per heavy atom. The number of nitrogens with zero attached hydrogens (tertiary/aromatic N) is 3. The molecule has 0 spiro atoms. The second kappa shape index (κ2) is 8.61. The number of aromatic nitrogens is 3. The predicted octanol–water partition coefficient (Wildman–Crippen LogP) is 9.08. The van der Waals surface area contributed by atoms with Crippen LogP contribution in [-0.2, 0) is 0 Å². The molecule has 0 saturated heterocycles. The maximum absolute atomic E-state index is 6.17. The highest BCUT2D eigenvalue weighted by Gasteiger charge is 2.15. The van der Waals surface area contributed by atoms with E-state index in [2.05, 4.69) is 71.7 Å². The highest BCUT2D eigenvalue weighted by Crippen LogP contribution is 2.36. The third-order valence-corrected chi connectivity index (χ3v) is 7.33. The van der Waals surface area contributed by atoms with Gasteiger partial charge in [0.05, 0.1) is 22.4 Å². The van der Waals surface area contributed by atoms with Gasteiger partial charge in [0.2, 0.25) is 0 Å². The van der Waals surface area contributed by atoms with Gasteiger partial charge in [-0.2, -0.15) is 0 Å². The number of fused-ring (bicyclic) bond motifs is 5. The van der Waals surface area contributed by atoms with Crippen molar-refractivity contribution < 1.29 is 4.42 Å². The van der Waals surface area contributed by atoms with Crippen molar-refractivity contribution in [2.45, 2.75) is 0 Å². The van der Waals surface area contributed by atoms with Crippen LogP contribution in [-0.4, -0.2) is 15.0 Å². The van der Waals surface area contributed by atoms with Gasteiger partial charge in [0.15, 0.2) is 0 Å². The number of para-hydroxylation sites is 3. The second-order valence-corrected chi connectivity index (χ2v) is 9.74. The molecule has 0 aliphatic heterocycles. The molecule has 4 heteroatoms. The number of hydrogen-bond acceptors (Lipinski definition) is 4. The van der Waals surface area contributed by atoms with Gasteiger partial charge in [0.25, 0.3) is 0 Å². The summed E-state index contributed by atoms with van der Waals surface area (Å²) in [6, 6.07) is 39.5. The van der Waals surface area contributed by atoms with Gasteiger partial charge in [0.1, 0.15) is 11.2 Å². The van der Waals surface area contributed by atoms with Crippen molar-refractivity contribution in [3.05, 3.63) is 128 Å². The van der Waals surface area contributed by atoms with E-state index in [-0.39, 0.29) is 0 Å². The number of pyridine rings is 1. The van der Waals surface area contributed by atoms with Crippen LogP contribution in [0.15, 0.2) is 132 Å². The summed E-state index contributed by atoms with van der Waals surface area (Å²) in [5, 5.41) is 4.53. The van der Waals surface area contributed by atoms with E-state index in [4.69, 9.17) is 14.4 Å². The van der Waals surface area contributed by atoms with Crippen molar-refractivity contribution in [3.8, 4) is 33.6 Å². The van der Waals surface area contributed by atoms with Crippen molar-refractivity contribution >= 4 is 43.7 Å². The SMILES string of the molecule is c1cncc(-c2ccc(-c3nc4ccccc4nc3-c3ccc4cc5c(cc4c3)oc3ccccc35)cc2)c1. The molecule has 182 valence electrons. The molecule has 0 saturated carbocycles. The number of hydrogen-bond donors (Lipinski definition) is 0. The van der Waals surface area contributed by atoms with Crippen molar-refractivity contribution in [1.82, 2.24) is 15.0 Å². The molecule has 39 heavy (non-hydrogen) atoms. The van der Waals surface area contributed by atoms with E-state index in [1.165, 1.54) is 0 Å². The van der Waals surface area contributed by atoms with Crippen LogP contribution in [0.5, 0.6) is 0 Å². The second-order valence-electron chi connectivity index (χ2n) is 9.74. The standard InChI is InChI=1S/C35H21N3O/c1-4-10-32-28(7-1)29-19-24-15-16-25(18-27(24)20-33(29)39-32)35-34(37-30-8-2-3-9-31(30)38-35)23-13-11-22(12-14-23)26-6-5-17-36-21-26/h1-21H. The van der Waals surface area contributed by atoms with Gasteiger partial charge in [-0.3, -0.25) is 4.98 Å². The summed E-state index contributed by atoms with van der Waals surface area (Å²) >= 11 is 0. The minimum Gasteiger partial charge on any atom is -0.456 e. The van der Waals surface area contributed by atoms with Crippen LogP contribution in [0.1, 0.15) is 0 Å². The van der Waals surface area contributed by atoms with Crippen LogP contribution in [0.2, 0.25) is 0 Å². The van der Waals surface area contributed by atoms with E-state index < -0.39 is 0 Å². The molecule has 0 atom stereocenters. The summed E-state index contributed by atoms with van der Waals surface area (Å²) in [7, 11) is 0. The summed E-state index contributed by atoms with van der Waals surface area (Å²) in [6.45, 7) is 0. The van der Waals surface area contributed by atoms with Crippen molar-refractivity contribution in [2.24, 2.45) is 0 Å². The molecule has 4 nitrogen and oxygen atoms in total. The molecular formula is C35H21N3O. The molecule has 0 aliphatic rings. The lowest BCUT2D eigenvalue weighted by Gasteiger charge is -2.12. The van der Waals surface area contributed by atoms with Crippen LogP contribution in [0, 0.1) is 0 Å². The number of benzene rings is 5. The Morgan fingerprint density at radius 3 is 1.97 bits per heavy atom. The van der Waals surface area contributed by atoms with Crippen LogP contribution in [0.25, 0.3) is 77.4 Å². The molecule has 0 N–H and O–H groups in total. The Morgan fingerprint density at radius 1 is 0.462 bits per heavy atom. The van der Waals surface area contributed by atoms with Crippen LogP contribution >= 0.6 is 0 Å². The van der Waals surface area contributed by atoms with Crippen LogP contribution in [0.3, 0.4) is 0 Å². The normalized spacial score (nSPS) is 11.6. The molecule has 0 fully saturated rings. The van der Waals surface area contributed by atoms with E-state index in [9.17, 15) is 0 Å². The Kier molecular flexibility index (Phi) is 4.79. The average molecular weight is 500 g/mol. The number of rotatable bonds is 3. The molecule has 0 radical (unpaired) electrons. The fourth-order valence-corrected chi connectivity index (χ4v) is 5.37. The lowest BCUT2D eigenvalue weighted by Crippen LogP contribution is -1.95. The van der Waals surface area contributed by atoms with Gasteiger partial charge < -0.3 is 4.42 Å². The average Bonchev–Trinajstić information content (AvgIpc) is 3.37. The van der Waals surface area contributed by atoms with Gasteiger partial charge in [-0.15, -0.1) is 0 Å². The summed E-state index contributed by atoms with van der Waals surface area (Å²) in [4.78, 5) is 14.5. The third-order valence-electron chi connectivity index (χ3n) is 7.33. The lowest BCUT2D eigenvalue weighted by atomic mass is 9.98. The predicted molar refractivity (Wildman–Crippen MR) is 158 cm³/mol. The smallest absolute Gasteiger partial charge is 0.136 e. The zero-order chi connectivity index (χ0) is 25.8. The monoisotopic (exact) mass is 499 g/mol. The van der Waals surface area contributed by atoms with Gasteiger partial charge >= 0.3 is 0 Å². The summed E-state index contributed by atoms with van der Waals surface area (Å²) in [5.74, 6) is 0. The van der Waals surface area contributed by atoms with Gasteiger partial charge in [-0.05, 0) is 64.4 Å². The zero-order valence-corrected chi connectivity index (χ0v) is 20.9. The van der Waals surface area contributed by atoms with Crippen molar-refractivity contribution in [2.75, 3.05) is 0 Å². The topological polar surface area (TPSA) is 51.8 Å². The first-order chi connectivity index (χ1) is 19.3. The zero-order valence-electron chi connectivity index (χ0n) is 20.9. The lowest BCUT2D eigenvalue weighted by molar-refractivity contribution is 0.669. The maximum Gasteiger partial charge on any atom is 0.136 e. The van der Waals surface area contributed by atoms with Gasteiger partial charge in [-0.25, -0.2) is 9.97 Å². The van der Waals surface area contributed by atoms with E-state index in [0.29, 0.717) is 0 Å². The first-order valence-electron chi connectivity index (χ1n) is 12.9. The largest absolute Gasteiger partial charge is 0.456 e. The summed E-state index contributed by atoms with van der Waals surface area (Å²) < 4.78 is 6.17. The fourth-order valence-electron chi connectivity index (χ4n) is 5.37. The quantitative estimate of drug-likeness (QED) is 0.243. The molecule has 8 aromatic rings. The van der Waals surface area contributed by atoms with E-state index in [0.717, 1.165) is 77.4 Å². The van der Waals surface area contributed by atoms with E-state index in [1.807, 2.05) is 54.7 Å². The minimum atomic E-state index is 0.856. The molecule has 3 aromatic heterocycles. The Labute approximate surface area is 224 Å². The molecule has 0 unspecified atom stereocenters. The minimum absolute atomic E-state index is 0.856. The van der Waals surface area contributed by atoms with Crippen molar-refractivity contribution in [1.29, 1.82) is 0 Å². The molecule has 0 aliphatic carbocycles. The van der Waals surface area contributed by atoms with Gasteiger partial charge in [-0.1, -0.05) is 72.8 Å². The molecule has 5 aromatic carbocycles. The fraction of sp³-hybridized carbons (Fsp3) is 0. The Balaban J connectivity index is 1.31. The highest BCUT2D eigenvalue weighted by atomic mass is 16.3. The summed E-state index contributed by atoms with van der Waals surface area (Å²) in [5.41, 5.74) is 9.48. The molecular weight excluding hydrogens is 478 g/mol. The van der Waals surface area contributed by atoms with E-state index in [1.54, 1.807) is 6.20 Å². The first-order valence-corrected chi connectivity index (χ1v) is 12.9. The molecule has 0 amide bonds. The Hall–Kier alpha value is -5.35. The summed E-state index contributed by atoms with van der Waals surface area (Å²) in [6.07, 6.45) is 3.67. The van der Waals surface area contributed by atoms with Crippen molar-refractivity contribution in [3.63, 3.8) is 0 Å². The molecule has 8 rings (SSSR count). The number of furan rings is 1. The highest BCUT2D eigenvalue weighted by molar-refractivity contribution is 6.10.